The van der Waals surface area contributed by atoms with Crippen LogP contribution in [0.1, 0.15) is 36.4 Å². The van der Waals surface area contributed by atoms with Crippen molar-refractivity contribution in [1.82, 2.24) is 0 Å². The minimum atomic E-state index is -1.17. The number of hydrogen-bond donors (Lipinski definition) is 1. The number of carbonyl (C=O) groups excluding carboxylic acids is 1. The number of carbonyl (C=O) groups is 2. The molecule has 1 aliphatic rings. The third-order valence-electron chi connectivity index (χ3n) is 2.89. The highest BCUT2D eigenvalue weighted by molar-refractivity contribution is 7.98. The Morgan fingerprint density at radius 1 is 1.26 bits per heavy atom. The summed E-state index contributed by atoms with van der Waals surface area (Å²) in [5, 5.41) is 8.78. The van der Waals surface area contributed by atoms with Gasteiger partial charge in [-0.2, -0.15) is 11.8 Å². The van der Waals surface area contributed by atoms with Crippen molar-refractivity contribution in [2.24, 2.45) is 0 Å². The maximum Gasteiger partial charge on any atom is 0.371 e. The lowest BCUT2D eigenvalue weighted by Gasteiger charge is -2.08. The molecule has 0 bridgehead atoms. The summed E-state index contributed by atoms with van der Waals surface area (Å²) in [5.74, 6) is 0.504. The van der Waals surface area contributed by atoms with E-state index in [2.05, 4.69) is 0 Å². The molecule has 1 N–H and O–H groups in total. The average molecular weight is 294 g/mol. The lowest BCUT2D eigenvalue weighted by atomic mass is 10.2. The minimum Gasteiger partial charge on any atom is -0.475 e. The van der Waals surface area contributed by atoms with E-state index in [-0.39, 0.29) is 17.3 Å². The van der Waals surface area contributed by atoms with Crippen molar-refractivity contribution in [3.8, 4) is 0 Å². The van der Waals surface area contributed by atoms with Crippen LogP contribution in [0.5, 0.6) is 0 Å². The van der Waals surface area contributed by atoms with Gasteiger partial charge in [0, 0.05) is 10.6 Å². The molecule has 4 nitrogen and oxygen atoms in total. The number of aromatic carboxylic acids is 1. The van der Waals surface area contributed by atoms with Crippen LogP contribution in [0.25, 0.3) is 0 Å². The number of ketones is 1. The fourth-order valence-corrected chi connectivity index (χ4v) is 4.27. The molecule has 3 heterocycles. The van der Waals surface area contributed by atoms with Crippen molar-refractivity contribution in [2.75, 3.05) is 5.75 Å². The Balaban J connectivity index is 1.90. The van der Waals surface area contributed by atoms with Crippen LogP contribution in [0, 0.1) is 0 Å². The molecule has 0 unspecified atom stereocenters. The molecule has 1 aliphatic heterocycles. The fourth-order valence-electron chi connectivity index (χ4n) is 1.96. The van der Waals surface area contributed by atoms with E-state index in [1.807, 2.05) is 17.8 Å². The molecule has 0 saturated heterocycles. The van der Waals surface area contributed by atoms with Gasteiger partial charge in [0.15, 0.2) is 5.76 Å². The van der Waals surface area contributed by atoms with E-state index >= 15 is 0 Å². The molecule has 19 heavy (non-hydrogen) atoms. The Bertz CT molecular complexity index is 630. The van der Waals surface area contributed by atoms with Gasteiger partial charge in [0.2, 0.25) is 11.5 Å². The van der Waals surface area contributed by atoms with E-state index < -0.39 is 5.97 Å². The lowest BCUT2D eigenvalue weighted by Crippen LogP contribution is -1.97. The first-order valence-corrected chi connectivity index (χ1v) is 7.69. The number of hydrogen-bond acceptors (Lipinski definition) is 5. The quantitative estimate of drug-likeness (QED) is 0.881. The molecule has 2 aromatic heterocycles. The van der Waals surface area contributed by atoms with Crippen molar-refractivity contribution in [3.05, 3.63) is 45.0 Å². The van der Waals surface area contributed by atoms with Gasteiger partial charge >= 0.3 is 5.97 Å². The zero-order valence-electron chi connectivity index (χ0n) is 9.84. The fraction of sp³-hybridized carbons (Fsp3) is 0.231. The molecule has 0 fully saturated rings. The Morgan fingerprint density at radius 3 is 2.74 bits per heavy atom. The van der Waals surface area contributed by atoms with Gasteiger partial charge in [-0.1, -0.05) is 0 Å². The number of thioether (sulfide) groups is 1. The van der Waals surface area contributed by atoms with Crippen LogP contribution in [0.15, 0.2) is 22.6 Å². The van der Waals surface area contributed by atoms with E-state index in [1.54, 1.807) is 0 Å². The van der Waals surface area contributed by atoms with Crippen LogP contribution >= 0.6 is 23.1 Å². The number of furan rings is 1. The van der Waals surface area contributed by atoms with Gasteiger partial charge in [0.05, 0.1) is 4.88 Å². The normalized spacial score (nSPS) is 14.1. The summed E-state index contributed by atoms with van der Waals surface area (Å²) in [5.41, 5.74) is 1.22. The summed E-state index contributed by atoms with van der Waals surface area (Å²) >= 11 is 3.35. The van der Waals surface area contributed by atoms with E-state index in [0.29, 0.717) is 4.88 Å². The molecular weight excluding hydrogens is 284 g/mol. The molecule has 0 aromatic carbocycles. The van der Waals surface area contributed by atoms with Crippen molar-refractivity contribution in [2.45, 2.75) is 12.2 Å². The minimum absolute atomic E-state index is 0.0867. The van der Waals surface area contributed by atoms with Crippen LogP contribution in [-0.2, 0) is 12.2 Å². The van der Waals surface area contributed by atoms with Crippen LogP contribution in [0.3, 0.4) is 0 Å². The number of aryl methyl sites for hydroxylation is 1. The van der Waals surface area contributed by atoms with Crippen molar-refractivity contribution >= 4 is 34.9 Å². The lowest BCUT2D eigenvalue weighted by molar-refractivity contribution is 0.0660. The molecule has 6 heteroatoms. The molecule has 0 atom stereocenters. The summed E-state index contributed by atoms with van der Waals surface area (Å²) < 4.78 is 5.05. The van der Waals surface area contributed by atoms with Gasteiger partial charge in [-0.25, -0.2) is 4.79 Å². The number of carboxylic acid groups (broad SMARTS) is 1. The number of thiophene rings is 1. The number of carboxylic acids is 1. The summed E-state index contributed by atoms with van der Waals surface area (Å²) in [4.78, 5) is 24.8. The van der Waals surface area contributed by atoms with Crippen LogP contribution < -0.4 is 0 Å². The Labute approximate surface area is 117 Å². The van der Waals surface area contributed by atoms with Crippen LogP contribution in [-0.4, -0.2) is 22.6 Å². The number of fused-ring (bicyclic) bond motifs is 1. The van der Waals surface area contributed by atoms with E-state index in [1.165, 1.54) is 33.9 Å². The average Bonchev–Trinajstić information content (AvgIpc) is 3.04. The van der Waals surface area contributed by atoms with Gasteiger partial charge in [0.1, 0.15) is 0 Å². The second-order valence-corrected chi connectivity index (χ2v) is 6.40. The second-order valence-electron chi connectivity index (χ2n) is 4.16. The summed E-state index contributed by atoms with van der Waals surface area (Å²) in [6, 6.07) is 4.62. The third-order valence-corrected chi connectivity index (χ3v) is 5.14. The Kier molecular flexibility index (Phi) is 3.20. The highest BCUT2D eigenvalue weighted by Crippen LogP contribution is 2.32. The predicted molar refractivity (Wildman–Crippen MR) is 73.3 cm³/mol. The Morgan fingerprint density at radius 2 is 2.05 bits per heavy atom. The SMILES string of the molecule is O=C(O)c1ccc(C(=O)c2cc3c(s2)CCSC3)o1. The first-order valence-electron chi connectivity index (χ1n) is 5.72. The highest BCUT2D eigenvalue weighted by atomic mass is 32.2. The van der Waals surface area contributed by atoms with Crippen molar-refractivity contribution in [3.63, 3.8) is 0 Å². The molecular formula is C13H10O4S2. The molecule has 0 radical (unpaired) electrons. The maximum absolute atomic E-state index is 12.2. The van der Waals surface area contributed by atoms with Crippen LogP contribution in [0.2, 0.25) is 0 Å². The predicted octanol–water partition coefficient (Wildman–Crippen LogP) is 3.06. The smallest absolute Gasteiger partial charge is 0.371 e. The van der Waals surface area contributed by atoms with Crippen molar-refractivity contribution < 1.29 is 19.1 Å². The summed E-state index contributed by atoms with van der Waals surface area (Å²) in [6.45, 7) is 0. The van der Waals surface area contributed by atoms with Gasteiger partial charge < -0.3 is 9.52 Å². The monoisotopic (exact) mass is 294 g/mol. The molecule has 98 valence electrons. The number of rotatable bonds is 3. The topological polar surface area (TPSA) is 67.5 Å². The molecule has 2 aromatic rings. The highest BCUT2D eigenvalue weighted by Gasteiger charge is 2.21. The first-order chi connectivity index (χ1) is 9.15. The summed E-state index contributed by atoms with van der Waals surface area (Å²) in [7, 11) is 0. The molecule has 0 saturated carbocycles. The van der Waals surface area contributed by atoms with Gasteiger partial charge in [-0.05, 0) is 35.9 Å². The molecule has 3 rings (SSSR count). The zero-order valence-corrected chi connectivity index (χ0v) is 11.5. The summed E-state index contributed by atoms with van der Waals surface area (Å²) in [6.07, 6.45) is 0.997. The maximum atomic E-state index is 12.2. The van der Waals surface area contributed by atoms with Gasteiger partial charge in [-0.3, -0.25) is 4.79 Å². The van der Waals surface area contributed by atoms with Gasteiger partial charge in [-0.15, -0.1) is 11.3 Å². The second kappa shape index (κ2) is 4.86. The van der Waals surface area contributed by atoms with E-state index in [4.69, 9.17) is 9.52 Å². The zero-order chi connectivity index (χ0) is 13.4. The van der Waals surface area contributed by atoms with E-state index in [9.17, 15) is 9.59 Å². The van der Waals surface area contributed by atoms with Gasteiger partial charge in [0.25, 0.3) is 0 Å². The van der Waals surface area contributed by atoms with E-state index in [0.717, 1.165) is 17.9 Å². The first kappa shape index (κ1) is 12.5. The standard InChI is InChI=1S/C13H10O4S2/c14-12(8-1-2-9(17-8)13(15)16)11-5-7-6-18-4-3-10(7)19-11/h1-2,5H,3-4,6H2,(H,15,16). The molecule has 0 spiro atoms. The molecule has 0 aliphatic carbocycles. The Hall–Kier alpha value is -1.53. The third kappa shape index (κ3) is 2.33. The largest absolute Gasteiger partial charge is 0.475 e. The van der Waals surface area contributed by atoms with Crippen LogP contribution in [0.4, 0.5) is 0 Å². The van der Waals surface area contributed by atoms with Crippen molar-refractivity contribution in [1.29, 1.82) is 0 Å². The molecule has 0 amide bonds.